The number of carbonyl (C=O) groups is 4. The molecule has 1 saturated carbocycles. The minimum atomic E-state index is -3.23. The van der Waals surface area contributed by atoms with Crippen molar-refractivity contribution in [3.63, 3.8) is 0 Å². The molecule has 1 fully saturated rings. The Hall–Kier alpha value is -3.09. The van der Waals surface area contributed by atoms with Crippen molar-refractivity contribution in [1.29, 1.82) is 0 Å². The smallest absolute Gasteiger partial charge is 0.314 e. The molecule has 0 unspecified atom stereocenters. The summed E-state index contributed by atoms with van der Waals surface area (Å²) < 4.78 is 45.6. The highest BCUT2D eigenvalue weighted by Crippen LogP contribution is 2.28. The zero-order valence-electron chi connectivity index (χ0n) is 25.0. The molecule has 36 heavy (non-hydrogen) atoms. The number of nitrogens with one attached hydrogen (secondary N) is 4. The number of fused-ring (bicyclic) bond motifs is 1. The summed E-state index contributed by atoms with van der Waals surface area (Å²) in [6.45, 7) is -5.17. The molecule has 2 aliphatic rings. The van der Waals surface area contributed by atoms with Crippen LogP contribution in [-0.4, -0.2) is 71.1 Å². The normalized spacial score (nSPS) is 24.3. The summed E-state index contributed by atoms with van der Waals surface area (Å²) in [5.41, 5.74) is 0.795. The van der Waals surface area contributed by atoms with E-state index in [1.54, 1.807) is 0 Å². The zero-order valence-corrected chi connectivity index (χ0v) is 20.5. The van der Waals surface area contributed by atoms with Crippen LogP contribution in [0.2, 0.25) is 5.02 Å². The first kappa shape index (κ1) is 19.1. The summed E-state index contributed by atoms with van der Waals surface area (Å²) in [5.74, 6) is -4.79. The molecule has 1 aliphatic carbocycles. The summed E-state index contributed by atoms with van der Waals surface area (Å²) in [6.07, 6.45) is 1.78. The molecule has 2 aromatic rings. The van der Waals surface area contributed by atoms with Crippen LogP contribution in [0.3, 0.4) is 0 Å². The van der Waals surface area contributed by atoms with Crippen molar-refractivity contribution in [2.24, 2.45) is 5.92 Å². The van der Waals surface area contributed by atoms with Gasteiger partial charge in [-0.15, -0.1) is 11.3 Å². The molecule has 13 heteroatoms. The summed E-state index contributed by atoms with van der Waals surface area (Å²) in [4.78, 5) is 60.8. The summed E-state index contributed by atoms with van der Waals surface area (Å²) >= 11 is 6.98. The maximum atomic E-state index is 13.2. The number of carbonyl (C=O) groups excluding carboxylic acids is 4. The molecule has 3 atom stereocenters. The SMILES string of the molecule is [2H]C([2H])([2H])N(C(=O)[C@H]1CC[C@H](NC(=O)C(=O)Nc2ccc(Cl)cn2)[C@H](NC(=O)c2nc3c(s2)CNCC3)C1)C([2H])([2H])[2H]. The lowest BCUT2D eigenvalue weighted by molar-refractivity contribution is -0.137. The van der Waals surface area contributed by atoms with Crippen LogP contribution in [0.25, 0.3) is 0 Å². The molecule has 11 nitrogen and oxygen atoms in total. The van der Waals surface area contributed by atoms with Gasteiger partial charge >= 0.3 is 11.8 Å². The van der Waals surface area contributed by atoms with E-state index in [4.69, 9.17) is 19.8 Å². The third-order valence-electron chi connectivity index (χ3n) is 6.02. The number of amides is 4. The van der Waals surface area contributed by atoms with Crippen LogP contribution in [0.5, 0.6) is 0 Å². The maximum Gasteiger partial charge on any atom is 0.314 e. The average Bonchev–Trinajstić information content (AvgIpc) is 3.34. The predicted octanol–water partition coefficient (Wildman–Crippen LogP) is 0.947. The van der Waals surface area contributed by atoms with Crippen LogP contribution in [0.15, 0.2) is 18.3 Å². The topological polar surface area (TPSA) is 145 Å². The number of hydrogen-bond donors (Lipinski definition) is 4. The largest absolute Gasteiger partial charge is 0.349 e. The molecule has 0 bridgehead atoms. The Morgan fingerprint density at radius 2 is 2.00 bits per heavy atom. The third-order valence-corrected chi connectivity index (χ3v) is 7.34. The molecule has 4 N–H and O–H groups in total. The van der Waals surface area contributed by atoms with E-state index in [-0.39, 0.29) is 35.0 Å². The van der Waals surface area contributed by atoms with E-state index in [9.17, 15) is 19.2 Å². The van der Waals surface area contributed by atoms with Crippen LogP contribution in [0.4, 0.5) is 5.82 Å². The lowest BCUT2D eigenvalue weighted by Gasteiger charge is -2.37. The Bertz CT molecular complexity index is 1320. The standard InChI is InChI=1S/C23H28ClN7O4S/c1-31(2)23(35)12-3-5-14(27-19(32)20(33)30-18-6-4-13(24)10-26-18)16(9-12)28-21(34)22-29-15-7-8-25-11-17(15)36-22/h4,6,10,12,14,16,25H,3,5,7-9,11H2,1-2H3,(H,27,32)(H,28,34)(H,26,30,33)/t12-,14-,16+/m0/s1/i1D3,2D3. The number of rotatable bonds is 5. The second-order valence-corrected chi connectivity index (χ2v) is 10.00. The van der Waals surface area contributed by atoms with E-state index in [1.165, 1.54) is 29.7 Å². The second kappa shape index (κ2) is 11.3. The van der Waals surface area contributed by atoms with E-state index in [1.807, 2.05) is 0 Å². The van der Waals surface area contributed by atoms with Gasteiger partial charge in [0.05, 0.1) is 16.8 Å². The Morgan fingerprint density at radius 1 is 1.17 bits per heavy atom. The maximum absolute atomic E-state index is 13.2. The van der Waals surface area contributed by atoms with Gasteiger partial charge in [-0.1, -0.05) is 11.6 Å². The van der Waals surface area contributed by atoms with Gasteiger partial charge in [0, 0.05) is 64.7 Å². The van der Waals surface area contributed by atoms with Gasteiger partial charge in [-0.3, -0.25) is 19.2 Å². The number of halogens is 1. The number of aromatic nitrogens is 2. The van der Waals surface area contributed by atoms with Gasteiger partial charge in [-0.25, -0.2) is 9.97 Å². The molecule has 192 valence electrons. The zero-order chi connectivity index (χ0) is 30.8. The molecule has 1 aliphatic heterocycles. The molecular weight excluding hydrogens is 506 g/mol. The lowest BCUT2D eigenvalue weighted by Crippen LogP contribution is -2.57. The minimum Gasteiger partial charge on any atom is -0.349 e. The van der Waals surface area contributed by atoms with Crippen molar-refractivity contribution >= 4 is 52.4 Å². The van der Waals surface area contributed by atoms with Crippen molar-refractivity contribution < 1.29 is 27.4 Å². The Kier molecular flexibility index (Phi) is 6.00. The van der Waals surface area contributed by atoms with Gasteiger partial charge in [0.1, 0.15) is 5.82 Å². The molecule has 0 spiro atoms. The van der Waals surface area contributed by atoms with Crippen molar-refractivity contribution in [3.8, 4) is 0 Å². The second-order valence-electron chi connectivity index (χ2n) is 8.47. The van der Waals surface area contributed by atoms with Crippen LogP contribution in [-0.2, 0) is 27.3 Å². The Balaban J connectivity index is 1.52. The highest BCUT2D eigenvalue weighted by molar-refractivity contribution is 7.13. The molecule has 4 amide bonds. The highest BCUT2D eigenvalue weighted by atomic mass is 35.5. The van der Waals surface area contributed by atoms with Crippen LogP contribution < -0.4 is 21.3 Å². The molecule has 0 saturated heterocycles. The van der Waals surface area contributed by atoms with Crippen LogP contribution >= 0.6 is 22.9 Å². The van der Waals surface area contributed by atoms with Gasteiger partial charge in [0.2, 0.25) is 5.91 Å². The van der Waals surface area contributed by atoms with Gasteiger partial charge in [0.25, 0.3) is 5.91 Å². The number of hydrogen-bond acceptors (Lipinski definition) is 8. The number of anilines is 1. The fraction of sp³-hybridized carbons (Fsp3) is 0.478. The van der Waals surface area contributed by atoms with E-state index in [2.05, 4.69) is 31.2 Å². The number of pyridine rings is 1. The first-order valence-corrected chi connectivity index (χ1v) is 12.4. The van der Waals surface area contributed by atoms with Gasteiger partial charge in [-0.05, 0) is 31.4 Å². The fourth-order valence-electron chi connectivity index (χ4n) is 4.22. The predicted molar refractivity (Wildman–Crippen MR) is 135 cm³/mol. The highest BCUT2D eigenvalue weighted by Gasteiger charge is 2.37. The molecule has 2 aromatic heterocycles. The molecule has 4 rings (SSSR count). The van der Waals surface area contributed by atoms with E-state index in [0.717, 1.165) is 17.1 Å². The third kappa shape index (κ3) is 6.18. The van der Waals surface area contributed by atoms with Crippen LogP contribution in [0, 0.1) is 5.92 Å². The number of nitrogens with zero attached hydrogens (tertiary/aromatic N) is 3. The minimum absolute atomic E-state index is 0.00358. The lowest BCUT2D eigenvalue weighted by atomic mass is 9.81. The Labute approximate surface area is 225 Å². The first-order valence-electron chi connectivity index (χ1n) is 14.2. The molecule has 0 radical (unpaired) electrons. The Morgan fingerprint density at radius 3 is 2.72 bits per heavy atom. The number of thiazole rings is 1. The summed E-state index contributed by atoms with van der Waals surface area (Å²) in [5, 5.41) is 11.3. The molecule has 0 aromatic carbocycles. The summed E-state index contributed by atoms with van der Waals surface area (Å²) in [7, 11) is 0. The monoisotopic (exact) mass is 539 g/mol. The van der Waals surface area contributed by atoms with Crippen molar-refractivity contribution in [3.05, 3.63) is 38.9 Å². The van der Waals surface area contributed by atoms with E-state index >= 15 is 0 Å². The van der Waals surface area contributed by atoms with Gasteiger partial charge in [0.15, 0.2) is 5.01 Å². The quantitative estimate of drug-likeness (QED) is 0.414. The van der Waals surface area contributed by atoms with Crippen molar-refractivity contribution in [1.82, 2.24) is 30.8 Å². The van der Waals surface area contributed by atoms with Crippen molar-refractivity contribution in [2.45, 2.75) is 44.3 Å². The summed E-state index contributed by atoms with van der Waals surface area (Å²) in [6, 6.07) is 1.07. The van der Waals surface area contributed by atoms with E-state index in [0.29, 0.717) is 18.0 Å². The van der Waals surface area contributed by atoms with Gasteiger partial charge < -0.3 is 26.2 Å². The van der Waals surface area contributed by atoms with E-state index < -0.39 is 55.6 Å². The fourth-order valence-corrected chi connectivity index (χ4v) is 5.31. The van der Waals surface area contributed by atoms with Gasteiger partial charge in [-0.2, -0.15) is 0 Å². The first-order chi connectivity index (χ1) is 19.6. The molecular formula is C23H28ClN7O4S. The van der Waals surface area contributed by atoms with Crippen LogP contribution in [0.1, 0.15) is 47.9 Å². The average molecular weight is 540 g/mol. The van der Waals surface area contributed by atoms with Crippen molar-refractivity contribution in [2.75, 3.05) is 25.8 Å². The molecule has 3 heterocycles.